The minimum atomic E-state index is -0.447. The standard InChI is InChI=1S/C11H14ClNOS/c12-8-1-2-9(10(13)5-8)11(14)7-3-4-15-6-7/h1-2,5,7,11,14H,3-4,6,13H2. The van der Waals surface area contributed by atoms with Gasteiger partial charge in [0.2, 0.25) is 0 Å². The lowest BCUT2D eigenvalue weighted by Crippen LogP contribution is -2.13. The van der Waals surface area contributed by atoms with Gasteiger partial charge in [-0.25, -0.2) is 0 Å². The Hall–Kier alpha value is -0.380. The Labute approximate surface area is 98.8 Å². The summed E-state index contributed by atoms with van der Waals surface area (Å²) in [4.78, 5) is 0. The van der Waals surface area contributed by atoms with E-state index in [-0.39, 0.29) is 0 Å². The van der Waals surface area contributed by atoms with Gasteiger partial charge in [0, 0.05) is 16.3 Å². The number of hydrogen-bond acceptors (Lipinski definition) is 3. The maximum atomic E-state index is 10.2. The Morgan fingerprint density at radius 1 is 1.53 bits per heavy atom. The summed E-state index contributed by atoms with van der Waals surface area (Å²) in [6, 6.07) is 5.30. The molecule has 2 rings (SSSR count). The molecule has 0 aromatic heterocycles. The van der Waals surface area contributed by atoms with Gasteiger partial charge in [0.25, 0.3) is 0 Å². The van der Waals surface area contributed by atoms with Crippen LogP contribution in [0.3, 0.4) is 0 Å². The minimum absolute atomic E-state index is 0.332. The SMILES string of the molecule is Nc1cc(Cl)ccc1C(O)C1CCSC1. The Bertz CT molecular complexity index is 352. The van der Waals surface area contributed by atoms with E-state index < -0.39 is 6.10 Å². The molecule has 82 valence electrons. The normalized spacial score (nSPS) is 22.9. The number of nitrogen functional groups attached to an aromatic ring is 1. The molecule has 0 amide bonds. The van der Waals surface area contributed by atoms with E-state index in [1.807, 2.05) is 17.8 Å². The first-order valence-corrected chi connectivity index (χ1v) is 6.52. The van der Waals surface area contributed by atoms with Crippen LogP contribution in [-0.2, 0) is 0 Å². The summed E-state index contributed by atoms with van der Waals surface area (Å²) in [6.07, 6.45) is 0.616. The van der Waals surface area contributed by atoms with Crippen LogP contribution in [0.5, 0.6) is 0 Å². The highest BCUT2D eigenvalue weighted by atomic mass is 35.5. The van der Waals surface area contributed by atoms with Crippen molar-refractivity contribution in [2.24, 2.45) is 5.92 Å². The van der Waals surface area contributed by atoms with E-state index in [2.05, 4.69) is 0 Å². The lowest BCUT2D eigenvalue weighted by atomic mass is 9.94. The second kappa shape index (κ2) is 4.64. The maximum absolute atomic E-state index is 10.2. The zero-order valence-electron chi connectivity index (χ0n) is 8.32. The molecule has 1 heterocycles. The van der Waals surface area contributed by atoms with E-state index in [0.717, 1.165) is 23.5 Å². The lowest BCUT2D eigenvalue weighted by molar-refractivity contribution is 0.122. The molecule has 2 atom stereocenters. The summed E-state index contributed by atoms with van der Waals surface area (Å²) in [7, 11) is 0. The quantitative estimate of drug-likeness (QED) is 0.786. The van der Waals surface area contributed by atoms with Gasteiger partial charge >= 0.3 is 0 Å². The Morgan fingerprint density at radius 3 is 2.93 bits per heavy atom. The number of rotatable bonds is 2. The van der Waals surface area contributed by atoms with Gasteiger partial charge in [-0.3, -0.25) is 0 Å². The van der Waals surface area contributed by atoms with E-state index >= 15 is 0 Å². The van der Waals surface area contributed by atoms with Crippen molar-refractivity contribution in [2.45, 2.75) is 12.5 Å². The van der Waals surface area contributed by atoms with Crippen LogP contribution < -0.4 is 5.73 Å². The van der Waals surface area contributed by atoms with Crippen molar-refractivity contribution in [3.05, 3.63) is 28.8 Å². The van der Waals surface area contributed by atoms with Crippen molar-refractivity contribution >= 4 is 29.1 Å². The number of aliphatic hydroxyl groups is 1. The average molecular weight is 244 g/mol. The van der Waals surface area contributed by atoms with Crippen LogP contribution in [-0.4, -0.2) is 16.6 Å². The molecule has 3 N–H and O–H groups in total. The summed E-state index contributed by atoms with van der Waals surface area (Å²) >= 11 is 7.70. The number of nitrogens with two attached hydrogens (primary N) is 1. The number of hydrogen-bond donors (Lipinski definition) is 2. The Morgan fingerprint density at radius 2 is 2.33 bits per heavy atom. The molecule has 1 aliphatic rings. The topological polar surface area (TPSA) is 46.2 Å². The predicted molar refractivity (Wildman–Crippen MR) is 66.3 cm³/mol. The molecule has 0 spiro atoms. The molecule has 2 nitrogen and oxygen atoms in total. The fraction of sp³-hybridized carbons (Fsp3) is 0.455. The molecule has 0 aliphatic carbocycles. The molecule has 0 radical (unpaired) electrons. The van der Waals surface area contributed by atoms with Gasteiger partial charge in [0.05, 0.1) is 6.10 Å². The maximum Gasteiger partial charge on any atom is 0.0846 e. The van der Waals surface area contributed by atoms with E-state index in [4.69, 9.17) is 17.3 Å². The fourth-order valence-electron chi connectivity index (χ4n) is 1.87. The number of anilines is 1. The number of thioether (sulfide) groups is 1. The van der Waals surface area contributed by atoms with Gasteiger partial charge in [0.1, 0.15) is 0 Å². The summed E-state index contributed by atoms with van der Waals surface area (Å²) in [6.45, 7) is 0. The van der Waals surface area contributed by atoms with Crippen LogP contribution in [0.1, 0.15) is 18.1 Å². The third-order valence-electron chi connectivity index (χ3n) is 2.78. The molecule has 0 saturated carbocycles. The van der Waals surface area contributed by atoms with Crippen LogP contribution in [0.25, 0.3) is 0 Å². The number of halogens is 1. The van der Waals surface area contributed by atoms with Crippen molar-refractivity contribution in [3.8, 4) is 0 Å². The number of aliphatic hydroxyl groups excluding tert-OH is 1. The molecule has 1 saturated heterocycles. The molecule has 1 aliphatic heterocycles. The monoisotopic (exact) mass is 243 g/mol. The van der Waals surface area contributed by atoms with Crippen molar-refractivity contribution in [3.63, 3.8) is 0 Å². The largest absolute Gasteiger partial charge is 0.398 e. The van der Waals surface area contributed by atoms with Gasteiger partial charge in [0.15, 0.2) is 0 Å². The molecular weight excluding hydrogens is 230 g/mol. The van der Waals surface area contributed by atoms with E-state index in [0.29, 0.717) is 16.6 Å². The molecular formula is C11H14ClNOS. The highest BCUT2D eigenvalue weighted by Crippen LogP contribution is 2.36. The summed E-state index contributed by atoms with van der Waals surface area (Å²) in [5.74, 6) is 2.48. The third-order valence-corrected chi connectivity index (χ3v) is 4.20. The first-order chi connectivity index (χ1) is 7.18. The zero-order chi connectivity index (χ0) is 10.8. The molecule has 2 unspecified atom stereocenters. The Balaban J connectivity index is 2.20. The van der Waals surface area contributed by atoms with E-state index in [1.54, 1.807) is 12.1 Å². The van der Waals surface area contributed by atoms with Crippen LogP contribution in [0.15, 0.2) is 18.2 Å². The Kier molecular flexibility index (Phi) is 3.44. The first-order valence-electron chi connectivity index (χ1n) is 4.99. The van der Waals surface area contributed by atoms with Crippen LogP contribution in [0.4, 0.5) is 5.69 Å². The van der Waals surface area contributed by atoms with Gasteiger partial charge in [-0.1, -0.05) is 17.7 Å². The first kappa shape index (κ1) is 11.1. The predicted octanol–water partition coefficient (Wildman–Crippen LogP) is 2.71. The van der Waals surface area contributed by atoms with Crippen molar-refractivity contribution in [1.82, 2.24) is 0 Å². The van der Waals surface area contributed by atoms with Crippen LogP contribution in [0, 0.1) is 5.92 Å². The summed E-state index contributed by atoms with van der Waals surface area (Å²) in [5.41, 5.74) is 7.24. The molecule has 15 heavy (non-hydrogen) atoms. The van der Waals surface area contributed by atoms with Crippen LogP contribution >= 0.6 is 23.4 Å². The minimum Gasteiger partial charge on any atom is -0.398 e. The molecule has 4 heteroatoms. The van der Waals surface area contributed by atoms with Gasteiger partial charge in [-0.15, -0.1) is 0 Å². The highest BCUT2D eigenvalue weighted by Gasteiger charge is 2.26. The molecule has 0 bridgehead atoms. The molecule has 1 aromatic rings. The van der Waals surface area contributed by atoms with Crippen molar-refractivity contribution < 1.29 is 5.11 Å². The average Bonchev–Trinajstić information content (AvgIpc) is 2.69. The lowest BCUT2D eigenvalue weighted by Gasteiger charge is -2.19. The van der Waals surface area contributed by atoms with Gasteiger partial charge in [-0.2, -0.15) is 11.8 Å². The van der Waals surface area contributed by atoms with Crippen molar-refractivity contribution in [2.75, 3.05) is 17.2 Å². The summed E-state index contributed by atoms with van der Waals surface area (Å²) in [5, 5.41) is 10.8. The number of benzene rings is 1. The van der Waals surface area contributed by atoms with Gasteiger partial charge in [-0.05, 0) is 36.0 Å². The van der Waals surface area contributed by atoms with Crippen LogP contribution in [0.2, 0.25) is 5.02 Å². The zero-order valence-corrected chi connectivity index (χ0v) is 9.89. The second-order valence-electron chi connectivity index (χ2n) is 3.84. The van der Waals surface area contributed by atoms with E-state index in [1.165, 1.54) is 0 Å². The smallest absolute Gasteiger partial charge is 0.0846 e. The highest BCUT2D eigenvalue weighted by molar-refractivity contribution is 7.99. The fourth-order valence-corrected chi connectivity index (χ4v) is 3.34. The summed E-state index contributed by atoms with van der Waals surface area (Å²) < 4.78 is 0. The molecule has 1 aromatic carbocycles. The second-order valence-corrected chi connectivity index (χ2v) is 5.43. The van der Waals surface area contributed by atoms with E-state index in [9.17, 15) is 5.11 Å². The van der Waals surface area contributed by atoms with Crippen molar-refractivity contribution in [1.29, 1.82) is 0 Å². The third kappa shape index (κ3) is 2.41. The van der Waals surface area contributed by atoms with Gasteiger partial charge < -0.3 is 10.8 Å². The molecule has 1 fully saturated rings.